The number of hydrazone groups is 1. The average Bonchev–Trinajstić information content (AvgIpc) is 2.90. The Bertz CT molecular complexity index is 1350. The summed E-state index contributed by atoms with van der Waals surface area (Å²) in [5.41, 5.74) is 2.13. The van der Waals surface area contributed by atoms with Crippen molar-refractivity contribution in [1.29, 1.82) is 0 Å². The standard InChI is InChI=1S/C28H20Cl2N2O4/c29-22-13-16-24(25(30)17-22)26(33)36-23-14-11-19(12-15-23)18-31-32-27(34)28(35,20-7-3-1-4-8-20)21-9-5-2-6-10-21/h1-18,35H,(H,32,34)/b31-18-. The van der Waals surface area contributed by atoms with Crippen LogP contribution in [-0.4, -0.2) is 23.2 Å². The molecule has 2 N–H and O–H groups in total. The van der Waals surface area contributed by atoms with Gasteiger partial charge in [0.1, 0.15) is 5.75 Å². The highest BCUT2D eigenvalue weighted by atomic mass is 35.5. The fourth-order valence-corrected chi connectivity index (χ4v) is 3.96. The van der Waals surface area contributed by atoms with Crippen LogP contribution in [-0.2, 0) is 10.4 Å². The van der Waals surface area contributed by atoms with Crippen molar-refractivity contribution in [2.75, 3.05) is 0 Å². The van der Waals surface area contributed by atoms with E-state index in [1.54, 1.807) is 91.0 Å². The molecule has 0 saturated carbocycles. The number of aliphatic hydroxyl groups is 1. The van der Waals surface area contributed by atoms with Crippen LogP contribution in [0.4, 0.5) is 0 Å². The molecule has 4 aromatic carbocycles. The highest BCUT2D eigenvalue weighted by molar-refractivity contribution is 6.36. The molecule has 0 bridgehead atoms. The molecule has 8 heteroatoms. The zero-order chi connectivity index (χ0) is 25.5. The van der Waals surface area contributed by atoms with Crippen LogP contribution in [0.25, 0.3) is 0 Å². The van der Waals surface area contributed by atoms with Gasteiger partial charge >= 0.3 is 5.97 Å². The van der Waals surface area contributed by atoms with Crippen LogP contribution in [0.2, 0.25) is 10.0 Å². The van der Waals surface area contributed by atoms with Crippen molar-refractivity contribution in [3.63, 3.8) is 0 Å². The van der Waals surface area contributed by atoms with Crippen LogP contribution < -0.4 is 10.2 Å². The highest BCUT2D eigenvalue weighted by Gasteiger charge is 2.39. The van der Waals surface area contributed by atoms with Crippen LogP contribution in [0.3, 0.4) is 0 Å². The lowest BCUT2D eigenvalue weighted by Gasteiger charge is -2.27. The summed E-state index contributed by atoms with van der Waals surface area (Å²) in [6, 6.07) is 28.2. The summed E-state index contributed by atoms with van der Waals surface area (Å²) < 4.78 is 5.35. The molecular weight excluding hydrogens is 499 g/mol. The molecule has 0 fully saturated rings. The Kier molecular flexibility index (Phi) is 7.80. The first-order valence-corrected chi connectivity index (χ1v) is 11.6. The van der Waals surface area contributed by atoms with E-state index in [2.05, 4.69) is 10.5 Å². The molecule has 36 heavy (non-hydrogen) atoms. The van der Waals surface area contributed by atoms with E-state index in [0.29, 0.717) is 27.5 Å². The van der Waals surface area contributed by atoms with Crippen molar-refractivity contribution in [3.05, 3.63) is 135 Å². The Morgan fingerprint density at radius 3 is 1.97 bits per heavy atom. The van der Waals surface area contributed by atoms with Crippen LogP contribution in [0.5, 0.6) is 5.75 Å². The number of esters is 1. The molecule has 0 aromatic heterocycles. The number of hydrogen-bond acceptors (Lipinski definition) is 5. The number of carbonyl (C=O) groups is 2. The van der Waals surface area contributed by atoms with E-state index in [-0.39, 0.29) is 10.6 Å². The number of halogens is 2. The van der Waals surface area contributed by atoms with Gasteiger partial charge < -0.3 is 9.84 Å². The lowest BCUT2D eigenvalue weighted by Crippen LogP contribution is -2.43. The van der Waals surface area contributed by atoms with Gasteiger partial charge in [0.15, 0.2) is 5.60 Å². The van der Waals surface area contributed by atoms with Gasteiger partial charge in [0.05, 0.1) is 16.8 Å². The number of hydrogen-bond donors (Lipinski definition) is 2. The Balaban J connectivity index is 1.44. The minimum Gasteiger partial charge on any atom is -0.423 e. The third-order valence-electron chi connectivity index (χ3n) is 5.33. The van der Waals surface area contributed by atoms with Gasteiger partial charge in [-0.05, 0) is 59.2 Å². The van der Waals surface area contributed by atoms with Gasteiger partial charge in [0, 0.05) is 5.02 Å². The van der Waals surface area contributed by atoms with Crippen LogP contribution in [0, 0.1) is 0 Å². The molecule has 0 atom stereocenters. The zero-order valence-electron chi connectivity index (χ0n) is 18.8. The van der Waals surface area contributed by atoms with Crippen molar-refractivity contribution < 1.29 is 19.4 Å². The molecule has 4 rings (SSSR count). The normalized spacial score (nSPS) is 11.3. The van der Waals surface area contributed by atoms with Gasteiger partial charge in [-0.25, -0.2) is 10.2 Å². The summed E-state index contributed by atoms with van der Waals surface area (Å²) in [6.45, 7) is 0. The number of ether oxygens (including phenoxy) is 1. The zero-order valence-corrected chi connectivity index (χ0v) is 20.3. The second kappa shape index (κ2) is 11.2. The lowest BCUT2D eigenvalue weighted by molar-refractivity contribution is -0.136. The summed E-state index contributed by atoms with van der Waals surface area (Å²) in [5, 5.41) is 16.0. The Hall–Kier alpha value is -3.97. The van der Waals surface area contributed by atoms with E-state index in [1.807, 2.05) is 0 Å². The second-order valence-electron chi connectivity index (χ2n) is 7.72. The van der Waals surface area contributed by atoms with Crippen molar-refractivity contribution in [2.45, 2.75) is 5.60 Å². The molecule has 0 radical (unpaired) electrons. The van der Waals surface area contributed by atoms with E-state index in [0.717, 1.165) is 0 Å². The lowest BCUT2D eigenvalue weighted by atomic mass is 9.85. The minimum atomic E-state index is -1.93. The van der Waals surface area contributed by atoms with Crippen LogP contribution in [0.15, 0.2) is 108 Å². The molecule has 180 valence electrons. The van der Waals surface area contributed by atoms with Crippen LogP contribution in [0.1, 0.15) is 27.0 Å². The SMILES string of the molecule is O=C(Oc1ccc(/C=N\NC(=O)C(O)(c2ccccc2)c2ccccc2)cc1)c1ccc(Cl)cc1Cl. The molecule has 0 aliphatic rings. The van der Waals surface area contributed by atoms with Gasteiger partial charge in [-0.1, -0.05) is 83.9 Å². The predicted molar refractivity (Wildman–Crippen MR) is 139 cm³/mol. The smallest absolute Gasteiger partial charge is 0.345 e. The number of carbonyl (C=O) groups excluding carboxylic acids is 2. The third kappa shape index (κ3) is 5.63. The molecule has 0 spiro atoms. The fourth-order valence-electron chi connectivity index (χ4n) is 3.47. The Morgan fingerprint density at radius 1 is 0.833 bits per heavy atom. The molecule has 6 nitrogen and oxygen atoms in total. The average molecular weight is 519 g/mol. The summed E-state index contributed by atoms with van der Waals surface area (Å²) >= 11 is 11.9. The summed E-state index contributed by atoms with van der Waals surface area (Å²) in [7, 11) is 0. The first-order chi connectivity index (χ1) is 17.4. The van der Waals surface area contributed by atoms with Crippen molar-refractivity contribution >= 4 is 41.3 Å². The van der Waals surface area contributed by atoms with E-state index in [1.165, 1.54) is 18.3 Å². The number of rotatable bonds is 7. The van der Waals surface area contributed by atoms with E-state index < -0.39 is 17.5 Å². The van der Waals surface area contributed by atoms with E-state index in [4.69, 9.17) is 27.9 Å². The molecular formula is C28H20Cl2N2O4. The maximum Gasteiger partial charge on any atom is 0.345 e. The molecule has 0 aliphatic carbocycles. The highest BCUT2D eigenvalue weighted by Crippen LogP contribution is 2.30. The monoisotopic (exact) mass is 518 g/mol. The van der Waals surface area contributed by atoms with Gasteiger partial charge in [-0.2, -0.15) is 5.10 Å². The van der Waals surface area contributed by atoms with Crippen LogP contribution >= 0.6 is 23.2 Å². The maximum atomic E-state index is 13.1. The number of amides is 1. The first kappa shape index (κ1) is 25.1. The molecule has 0 unspecified atom stereocenters. The summed E-state index contributed by atoms with van der Waals surface area (Å²) in [4.78, 5) is 25.4. The molecule has 0 saturated heterocycles. The van der Waals surface area contributed by atoms with Gasteiger partial charge in [-0.3, -0.25) is 4.79 Å². The largest absolute Gasteiger partial charge is 0.423 e. The maximum absolute atomic E-state index is 13.1. The van der Waals surface area contributed by atoms with Crippen molar-refractivity contribution in [2.24, 2.45) is 5.10 Å². The predicted octanol–water partition coefficient (Wildman–Crippen LogP) is 5.60. The number of benzene rings is 4. The van der Waals surface area contributed by atoms with Crippen molar-refractivity contribution in [3.8, 4) is 5.75 Å². The molecule has 0 heterocycles. The fraction of sp³-hybridized carbons (Fsp3) is 0.0357. The van der Waals surface area contributed by atoms with Gasteiger partial charge in [0.2, 0.25) is 0 Å². The van der Waals surface area contributed by atoms with E-state index in [9.17, 15) is 14.7 Å². The summed E-state index contributed by atoms with van der Waals surface area (Å²) in [6.07, 6.45) is 1.41. The quantitative estimate of drug-likeness (QED) is 0.144. The van der Waals surface area contributed by atoms with Crippen molar-refractivity contribution in [1.82, 2.24) is 5.43 Å². The topological polar surface area (TPSA) is 88.0 Å². The molecule has 1 amide bonds. The Morgan fingerprint density at radius 2 is 1.42 bits per heavy atom. The first-order valence-electron chi connectivity index (χ1n) is 10.8. The minimum absolute atomic E-state index is 0.193. The number of nitrogens with one attached hydrogen (secondary N) is 1. The van der Waals surface area contributed by atoms with E-state index >= 15 is 0 Å². The Labute approximate surface area is 217 Å². The molecule has 0 aliphatic heterocycles. The second-order valence-corrected chi connectivity index (χ2v) is 8.57. The van der Waals surface area contributed by atoms with Gasteiger partial charge in [0.25, 0.3) is 5.91 Å². The number of nitrogens with zero attached hydrogens (tertiary/aromatic N) is 1. The third-order valence-corrected chi connectivity index (χ3v) is 5.88. The van der Waals surface area contributed by atoms with Gasteiger partial charge in [-0.15, -0.1) is 0 Å². The molecule has 4 aromatic rings. The summed E-state index contributed by atoms with van der Waals surface area (Å²) in [5.74, 6) is -1.03.